The van der Waals surface area contributed by atoms with Gasteiger partial charge in [-0.1, -0.05) is 6.07 Å². The standard InChI is InChI=1S/C16H19NO2S/c1-11-16(20-10-17-11)7-8-19-13-6-5-12-3-2-4-15(18)14(12)9-13/h5-6,9-10,15,18H,2-4,7-8H2,1H3/t15-/m0/s1. The van der Waals surface area contributed by atoms with Crippen LogP contribution in [0.25, 0.3) is 0 Å². The van der Waals surface area contributed by atoms with E-state index in [9.17, 15) is 5.11 Å². The predicted molar refractivity (Wildman–Crippen MR) is 80.4 cm³/mol. The van der Waals surface area contributed by atoms with Crippen molar-refractivity contribution in [2.45, 2.75) is 38.7 Å². The highest BCUT2D eigenvalue weighted by molar-refractivity contribution is 7.09. The third-order valence-corrected chi connectivity index (χ3v) is 4.84. The summed E-state index contributed by atoms with van der Waals surface area (Å²) in [4.78, 5) is 5.52. The van der Waals surface area contributed by atoms with Crippen molar-refractivity contribution in [1.29, 1.82) is 0 Å². The number of hydrogen-bond acceptors (Lipinski definition) is 4. The summed E-state index contributed by atoms with van der Waals surface area (Å²) in [5, 5.41) is 10.0. The second-order valence-corrected chi connectivity index (χ2v) is 6.17. The minimum atomic E-state index is -0.328. The molecule has 2 aromatic rings. The van der Waals surface area contributed by atoms with Crippen LogP contribution in [0.2, 0.25) is 0 Å². The number of aliphatic hydroxyl groups is 1. The van der Waals surface area contributed by atoms with Gasteiger partial charge in [0.2, 0.25) is 0 Å². The predicted octanol–water partition coefficient (Wildman–Crippen LogP) is 3.44. The normalized spacial score (nSPS) is 17.8. The molecule has 0 radical (unpaired) electrons. The molecule has 106 valence electrons. The second kappa shape index (κ2) is 5.94. The Hall–Kier alpha value is -1.39. The van der Waals surface area contributed by atoms with E-state index in [0.29, 0.717) is 6.61 Å². The van der Waals surface area contributed by atoms with Crippen LogP contribution in [0, 0.1) is 6.92 Å². The van der Waals surface area contributed by atoms with E-state index >= 15 is 0 Å². The van der Waals surface area contributed by atoms with Gasteiger partial charge in [-0.15, -0.1) is 11.3 Å². The van der Waals surface area contributed by atoms with Gasteiger partial charge in [0, 0.05) is 11.3 Å². The molecule has 1 N–H and O–H groups in total. The van der Waals surface area contributed by atoms with Gasteiger partial charge in [-0.2, -0.15) is 0 Å². The van der Waals surface area contributed by atoms with Crippen LogP contribution in [0.5, 0.6) is 5.75 Å². The molecule has 0 unspecified atom stereocenters. The Morgan fingerprint density at radius 1 is 1.45 bits per heavy atom. The van der Waals surface area contributed by atoms with Crippen molar-refractivity contribution >= 4 is 11.3 Å². The molecule has 0 spiro atoms. The van der Waals surface area contributed by atoms with Crippen molar-refractivity contribution < 1.29 is 9.84 Å². The average molecular weight is 289 g/mol. The van der Waals surface area contributed by atoms with Crippen LogP contribution in [0.3, 0.4) is 0 Å². The zero-order valence-electron chi connectivity index (χ0n) is 11.6. The zero-order chi connectivity index (χ0) is 13.9. The highest BCUT2D eigenvalue weighted by Gasteiger charge is 2.18. The van der Waals surface area contributed by atoms with Gasteiger partial charge in [-0.3, -0.25) is 0 Å². The van der Waals surface area contributed by atoms with Gasteiger partial charge in [0.1, 0.15) is 5.75 Å². The van der Waals surface area contributed by atoms with Crippen LogP contribution in [0.4, 0.5) is 0 Å². The number of fused-ring (bicyclic) bond motifs is 1. The number of benzene rings is 1. The third kappa shape index (κ3) is 2.86. The molecule has 0 fully saturated rings. The molecule has 3 rings (SSSR count). The van der Waals surface area contributed by atoms with E-state index < -0.39 is 0 Å². The lowest BCUT2D eigenvalue weighted by atomic mass is 9.89. The quantitative estimate of drug-likeness (QED) is 0.937. The van der Waals surface area contributed by atoms with E-state index in [1.54, 1.807) is 11.3 Å². The highest BCUT2D eigenvalue weighted by atomic mass is 32.1. The van der Waals surface area contributed by atoms with Crippen LogP contribution >= 0.6 is 11.3 Å². The van der Waals surface area contributed by atoms with Crippen molar-refractivity contribution in [1.82, 2.24) is 4.98 Å². The van der Waals surface area contributed by atoms with E-state index in [2.05, 4.69) is 11.1 Å². The molecule has 1 aromatic carbocycles. The first kappa shape index (κ1) is 13.6. The maximum atomic E-state index is 10.0. The van der Waals surface area contributed by atoms with Crippen molar-refractivity contribution in [2.75, 3.05) is 6.61 Å². The van der Waals surface area contributed by atoms with Crippen LogP contribution < -0.4 is 4.74 Å². The summed E-state index contributed by atoms with van der Waals surface area (Å²) in [6.07, 6.45) is 3.55. The molecule has 1 aliphatic rings. The summed E-state index contributed by atoms with van der Waals surface area (Å²) < 4.78 is 5.82. The van der Waals surface area contributed by atoms with Crippen molar-refractivity contribution in [2.24, 2.45) is 0 Å². The number of hydrogen-bond donors (Lipinski definition) is 1. The summed E-state index contributed by atoms with van der Waals surface area (Å²) in [5.74, 6) is 0.854. The molecule has 1 aliphatic carbocycles. The SMILES string of the molecule is Cc1ncsc1CCOc1ccc2c(c1)[C@@H](O)CCC2. The molecule has 0 saturated heterocycles. The smallest absolute Gasteiger partial charge is 0.119 e. The van der Waals surface area contributed by atoms with E-state index in [4.69, 9.17) is 4.74 Å². The lowest BCUT2D eigenvalue weighted by Crippen LogP contribution is -2.10. The number of aliphatic hydroxyl groups excluding tert-OH is 1. The van der Waals surface area contributed by atoms with E-state index in [1.165, 1.54) is 10.4 Å². The fraction of sp³-hybridized carbons (Fsp3) is 0.438. The molecule has 1 atom stereocenters. The average Bonchev–Trinajstić information content (AvgIpc) is 2.85. The summed E-state index contributed by atoms with van der Waals surface area (Å²) >= 11 is 1.68. The number of aryl methyl sites for hydroxylation is 2. The molecule has 3 nitrogen and oxygen atoms in total. The molecule has 4 heteroatoms. The van der Waals surface area contributed by atoms with Crippen molar-refractivity contribution in [3.63, 3.8) is 0 Å². The zero-order valence-corrected chi connectivity index (χ0v) is 12.4. The number of aromatic nitrogens is 1. The van der Waals surface area contributed by atoms with Gasteiger partial charge in [0.15, 0.2) is 0 Å². The molecule has 0 bridgehead atoms. The Bertz CT molecular complexity index is 594. The van der Waals surface area contributed by atoms with Gasteiger partial charge in [-0.05, 0) is 49.4 Å². The van der Waals surface area contributed by atoms with Crippen molar-refractivity contribution in [3.05, 3.63) is 45.4 Å². The highest BCUT2D eigenvalue weighted by Crippen LogP contribution is 2.32. The first-order valence-corrected chi connectivity index (χ1v) is 7.94. The Balaban J connectivity index is 1.63. The Kier molecular flexibility index (Phi) is 4.03. The first-order valence-electron chi connectivity index (χ1n) is 7.06. The van der Waals surface area contributed by atoms with Crippen LogP contribution in [0.1, 0.15) is 40.6 Å². The van der Waals surface area contributed by atoms with Crippen LogP contribution in [0.15, 0.2) is 23.7 Å². The minimum absolute atomic E-state index is 0.328. The number of rotatable bonds is 4. The minimum Gasteiger partial charge on any atom is -0.493 e. The largest absolute Gasteiger partial charge is 0.493 e. The lowest BCUT2D eigenvalue weighted by Gasteiger charge is -2.22. The van der Waals surface area contributed by atoms with Gasteiger partial charge in [0.05, 0.1) is 23.9 Å². The molecule has 0 saturated carbocycles. The van der Waals surface area contributed by atoms with E-state index in [-0.39, 0.29) is 6.10 Å². The topological polar surface area (TPSA) is 42.4 Å². The maximum Gasteiger partial charge on any atom is 0.119 e. The van der Waals surface area contributed by atoms with Gasteiger partial charge >= 0.3 is 0 Å². The lowest BCUT2D eigenvalue weighted by molar-refractivity contribution is 0.156. The van der Waals surface area contributed by atoms with Crippen molar-refractivity contribution in [3.8, 4) is 5.75 Å². The van der Waals surface area contributed by atoms with E-state index in [1.807, 2.05) is 24.6 Å². The summed E-state index contributed by atoms with van der Waals surface area (Å²) in [7, 11) is 0. The molecular formula is C16H19NO2S. The van der Waals surface area contributed by atoms with E-state index in [0.717, 1.165) is 42.7 Å². The number of thiazole rings is 1. The Morgan fingerprint density at radius 3 is 3.15 bits per heavy atom. The second-order valence-electron chi connectivity index (χ2n) is 5.23. The molecule has 0 aliphatic heterocycles. The summed E-state index contributed by atoms with van der Waals surface area (Å²) in [6.45, 7) is 2.68. The number of ether oxygens (including phenoxy) is 1. The number of nitrogens with zero attached hydrogens (tertiary/aromatic N) is 1. The summed E-state index contributed by atoms with van der Waals surface area (Å²) in [6, 6.07) is 6.10. The fourth-order valence-corrected chi connectivity index (χ4v) is 3.43. The first-order chi connectivity index (χ1) is 9.74. The summed E-state index contributed by atoms with van der Waals surface area (Å²) in [5.41, 5.74) is 5.27. The molecule has 1 aromatic heterocycles. The van der Waals surface area contributed by atoms with Crippen LogP contribution in [-0.2, 0) is 12.8 Å². The maximum absolute atomic E-state index is 10.0. The van der Waals surface area contributed by atoms with Crippen LogP contribution in [-0.4, -0.2) is 16.7 Å². The van der Waals surface area contributed by atoms with Gasteiger partial charge in [-0.25, -0.2) is 4.98 Å². The monoisotopic (exact) mass is 289 g/mol. The van der Waals surface area contributed by atoms with Gasteiger partial charge in [0.25, 0.3) is 0 Å². The third-order valence-electron chi connectivity index (χ3n) is 3.84. The molecular weight excluding hydrogens is 270 g/mol. The molecule has 1 heterocycles. The Morgan fingerprint density at radius 2 is 2.35 bits per heavy atom. The fourth-order valence-electron chi connectivity index (χ4n) is 2.67. The molecule has 20 heavy (non-hydrogen) atoms. The molecule has 0 amide bonds. The Labute approximate surface area is 123 Å². The van der Waals surface area contributed by atoms with Gasteiger partial charge < -0.3 is 9.84 Å².